The lowest BCUT2D eigenvalue weighted by Crippen LogP contribution is -2.24. The molecule has 0 aliphatic heterocycles. The van der Waals surface area contributed by atoms with Crippen LogP contribution in [-0.2, 0) is 6.42 Å². The van der Waals surface area contributed by atoms with E-state index in [1.165, 1.54) is 76.2 Å². The first-order chi connectivity index (χ1) is 18.4. The molecule has 0 aromatic heterocycles. The maximum absolute atomic E-state index is 15.5. The standard InChI is InChI=1S/C36H53FO/c1-6-27-24-32(19-21-35(27)38-23-22-36(7-2,8-3)9-4)33-20-18-31(25-34(33)37)30-16-14-29(15-17-30)28-12-10-26(5)11-13-28/h18-21,24-26,28-30H,6-17,22-23H2,1-5H3. The Morgan fingerprint density at radius 3 is 2.00 bits per heavy atom. The van der Waals surface area contributed by atoms with E-state index in [4.69, 9.17) is 4.74 Å². The monoisotopic (exact) mass is 520 g/mol. The molecule has 0 amide bonds. The van der Waals surface area contributed by atoms with Gasteiger partial charge >= 0.3 is 0 Å². The summed E-state index contributed by atoms with van der Waals surface area (Å²) in [6.07, 6.45) is 16.3. The van der Waals surface area contributed by atoms with Crippen LogP contribution in [0, 0.1) is 29.0 Å². The van der Waals surface area contributed by atoms with Gasteiger partial charge in [0.05, 0.1) is 6.61 Å². The van der Waals surface area contributed by atoms with E-state index in [1.54, 1.807) is 0 Å². The summed E-state index contributed by atoms with van der Waals surface area (Å²) >= 11 is 0. The van der Waals surface area contributed by atoms with E-state index in [0.29, 0.717) is 16.9 Å². The number of ether oxygens (including phenoxy) is 1. The normalized spacial score (nSPS) is 24.4. The maximum Gasteiger partial charge on any atom is 0.131 e. The van der Waals surface area contributed by atoms with Gasteiger partial charge in [-0.2, -0.15) is 0 Å². The first-order valence-corrected chi connectivity index (χ1v) is 16.0. The second-order valence-corrected chi connectivity index (χ2v) is 12.7. The topological polar surface area (TPSA) is 9.23 Å². The molecule has 0 spiro atoms. The minimum absolute atomic E-state index is 0.0831. The van der Waals surface area contributed by atoms with Crippen LogP contribution in [0.3, 0.4) is 0 Å². The SMILES string of the molecule is CCc1cc(-c2ccc(C3CCC(C4CCC(C)CC4)CC3)cc2F)ccc1OCCC(CC)(CC)CC. The van der Waals surface area contributed by atoms with Crippen LogP contribution in [0.2, 0.25) is 0 Å². The van der Waals surface area contributed by atoms with E-state index in [9.17, 15) is 0 Å². The molecule has 4 rings (SSSR count). The van der Waals surface area contributed by atoms with Crippen LogP contribution in [0.4, 0.5) is 4.39 Å². The van der Waals surface area contributed by atoms with Crippen molar-refractivity contribution in [1.29, 1.82) is 0 Å². The lowest BCUT2D eigenvalue weighted by molar-refractivity contribution is 0.165. The summed E-state index contributed by atoms with van der Waals surface area (Å²) in [6, 6.07) is 12.3. The molecule has 0 atom stereocenters. The van der Waals surface area contributed by atoms with Crippen molar-refractivity contribution in [2.45, 2.75) is 124 Å². The zero-order valence-electron chi connectivity index (χ0n) is 25.0. The van der Waals surface area contributed by atoms with Crippen molar-refractivity contribution in [1.82, 2.24) is 0 Å². The van der Waals surface area contributed by atoms with Gasteiger partial charge in [-0.25, -0.2) is 4.39 Å². The number of hydrogen-bond donors (Lipinski definition) is 0. The van der Waals surface area contributed by atoms with Crippen LogP contribution in [-0.4, -0.2) is 6.61 Å². The molecule has 2 aliphatic carbocycles. The van der Waals surface area contributed by atoms with Crippen LogP contribution in [0.25, 0.3) is 11.1 Å². The van der Waals surface area contributed by atoms with E-state index in [0.717, 1.165) is 54.1 Å². The molecular formula is C36H53FO. The van der Waals surface area contributed by atoms with Gasteiger partial charge in [0.15, 0.2) is 0 Å². The zero-order valence-corrected chi connectivity index (χ0v) is 25.0. The minimum atomic E-state index is -0.0831. The van der Waals surface area contributed by atoms with E-state index < -0.39 is 0 Å². The number of hydrogen-bond acceptors (Lipinski definition) is 1. The van der Waals surface area contributed by atoms with Crippen molar-refractivity contribution in [3.63, 3.8) is 0 Å². The quantitative estimate of drug-likeness (QED) is 0.286. The molecule has 2 heteroatoms. The van der Waals surface area contributed by atoms with Crippen molar-refractivity contribution < 1.29 is 9.13 Å². The summed E-state index contributed by atoms with van der Waals surface area (Å²) in [5.74, 6) is 4.15. The third kappa shape index (κ3) is 6.83. The molecule has 0 N–H and O–H groups in total. The Balaban J connectivity index is 1.38. The minimum Gasteiger partial charge on any atom is -0.493 e. The molecule has 0 saturated heterocycles. The molecule has 2 saturated carbocycles. The molecule has 1 nitrogen and oxygen atoms in total. The molecule has 0 radical (unpaired) electrons. The zero-order chi connectivity index (χ0) is 27.1. The van der Waals surface area contributed by atoms with Crippen molar-refractivity contribution in [3.05, 3.63) is 53.3 Å². The summed E-state index contributed by atoms with van der Waals surface area (Å²) in [6.45, 7) is 12.2. The fraction of sp³-hybridized carbons (Fsp3) is 0.667. The van der Waals surface area contributed by atoms with Crippen LogP contribution in [0.15, 0.2) is 36.4 Å². The highest BCUT2D eigenvalue weighted by Crippen LogP contribution is 2.44. The van der Waals surface area contributed by atoms with Crippen LogP contribution < -0.4 is 4.74 Å². The largest absolute Gasteiger partial charge is 0.493 e. The van der Waals surface area contributed by atoms with Crippen LogP contribution in [0.1, 0.15) is 129 Å². The molecule has 38 heavy (non-hydrogen) atoms. The average Bonchev–Trinajstić information content (AvgIpc) is 2.96. The van der Waals surface area contributed by atoms with Crippen molar-refractivity contribution in [2.24, 2.45) is 23.2 Å². The van der Waals surface area contributed by atoms with Crippen molar-refractivity contribution in [3.8, 4) is 16.9 Å². The molecule has 2 aromatic carbocycles. The number of halogens is 1. The third-order valence-corrected chi connectivity index (χ3v) is 10.9. The van der Waals surface area contributed by atoms with Crippen molar-refractivity contribution in [2.75, 3.05) is 6.61 Å². The average molecular weight is 521 g/mol. The highest BCUT2D eigenvalue weighted by Gasteiger charge is 2.30. The Kier molecular flexibility index (Phi) is 10.4. The Morgan fingerprint density at radius 2 is 1.42 bits per heavy atom. The second kappa shape index (κ2) is 13.5. The lowest BCUT2D eigenvalue weighted by atomic mass is 9.68. The second-order valence-electron chi connectivity index (χ2n) is 12.7. The number of aryl methyl sites for hydroxylation is 1. The molecule has 2 aliphatic rings. The predicted molar refractivity (Wildman–Crippen MR) is 160 cm³/mol. The third-order valence-electron chi connectivity index (χ3n) is 10.9. The maximum atomic E-state index is 15.5. The summed E-state index contributed by atoms with van der Waals surface area (Å²) in [5.41, 5.74) is 4.41. The summed E-state index contributed by atoms with van der Waals surface area (Å²) < 4.78 is 21.7. The summed E-state index contributed by atoms with van der Waals surface area (Å²) in [4.78, 5) is 0. The van der Waals surface area contributed by atoms with Gasteiger partial charge in [0, 0.05) is 5.56 Å². The van der Waals surface area contributed by atoms with E-state index in [2.05, 4.69) is 52.8 Å². The van der Waals surface area contributed by atoms with Gasteiger partial charge in [-0.1, -0.05) is 84.9 Å². The predicted octanol–water partition coefficient (Wildman–Crippen LogP) is 11.1. The molecular weight excluding hydrogens is 467 g/mol. The molecule has 210 valence electrons. The molecule has 2 fully saturated rings. The number of benzene rings is 2. The summed E-state index contributed by atoms with van der Waals surface area (Å²) in [7, 11) is 0. The Labute approximate surface area is 233 Å². The van der Waals surface area contributed by atoms with E-state index in [1.807, 2.05) is 18.2 Å². The lowest BCUT2D eigenvalue weighted by Gasteiger charge is -2.37. The Hall–Kier alpha value is -1.83. The molecule has 0 unspecified atom stereocenters. The fourth-order valence-electron chi connectivity index (χ4n) is 7.52. The Morgan fingerprint density at radius 1 is 0.789 bits per heavy atom. The highest BCUT2D eigenvalue weighted by molar-refractivity contribution is 5.67. The van der Waals surface area contributed by atoms with Gasteiger partial charge in [-0.05, 0) is 115 Å². The first-order valence-electron chi connectivity index (χ1n) is 16.0. The molecule has 0 bridgehead atoms. The van der Waals surface area contributed by atoms with Crippen LogP contribution >= 0.6 is 0 Å². The van der Waals surface area contributed by atoms with E-state index in [-0.39, 0.29) is 5.82 Å². The molecule has 0 heterocycles. The van der Waals surface area contributed by atoms with Gasteiger partial charge in [-0.3, -0.25) is 0 Å². The van der Waals surface area contributed by atoms with Gasteiger partial charge in [0.1, 0.15) is 11.6 Å². The molecule has 2 aromatic rings. The fourth-order valence-corrected chi connectivity index (χ4v) is 7.52. The highest BCUT2D eigenvalue weighted by atomic mass is 19.1. The van der Waals surface area contributed by atoms with Crippen LogP contribution in [0.5, 0.6) is 5.75 Å². The van der Waals surface area contributed by atoms with Gasteiger partial charge in [0.25, 0.3) is 0 Å². The Bertz CT molecular complexity index is 998. The van der Waals surface area contributed by atoms with Crippen molar-refractivity contribution >= 4 is 0 Å². The smallest absolute Gasteiger partial charge is 0.131 e. The number of rotatable bonds is 11. The van der Waals surface area contributed by atoms with Gasteiger partial charge < -0.3 is 4.74 Å². The summed E-state index contributed by atoms with van der Waals surface area (Å²) in [5, 5.41) is 0. The van der Waals surface area contributed by atoms with Gasteiger partial charge in [-0.15, -0.1) is 0 Å². The van der Waals surface area contributed by atoms with Gasteiger partial charge in [0.2, 0.25) is 0 Å². The first kappa shape index (κ1) is 29.2. The van der Waals surface area contributed by atoms with E-state index >= 15 is 4.39 Å².